The summed E-state index contributed by atoms with van der Waals surface area (Å²) < 4.78 is 20.2. The first-order chi connectivity index (χ1) is 6.20. The van der Waals surface area contributed by atoms with Crippen molar-refractivity contribution in [3.63, 3.8) is 0 Å². The second kappa shape index (κ2) is 4.69. The van der Waals surface area contributed by atoms with Crippen LogP contribution in [0.15, 0.2) is 36.4 Å². The molecule has 0 fully saturated rings. The first-order valence-corrected chi connectivity index (χ1v) is 4.64. The van der Waals surface area contributed by atoms with Crippen molar-refractivity contribution < 1.29 is 13.6 Å². The Morgan fingerprint density at radius 2 is 1.92 bits per heavy atom. The van der Waals surface area contributed by atoms with Crippen molar-refractivity contribution in [2.75, 3.05) is 0 Å². The molecule has 0 radical (unpaired) electrons. The minimum Gasteiger partial charge on any atom is -0.766 e. The average Bonchev–Trinajstić information content (AvgIpc) is 2.15. The monoisotopic (exact) mass is 195 g/mol. The van der Waals surface area contributed by atoms with E-state index < -0.39 is 16.2 Å². The van der Waals surface area contributed by atoms with Crippen molar-refractivity contribution in [1.82, 2.24) is 0 Å². The highest BCUT2D eigenvalue weighted by atomic mass is 32.2. The Morgan fingerprint density at radius 1 is 1.31 bits per heavy atom. The van der Waals surface area contributed by atoms with Crippen molar-refractivity contribution in [2.24, 2.45) is 0 Å². The molecule has 1 atom stereocenters. The Balaban J connectivity index is 2.70. The Morgan fingerprint density at radius 3 is 2.46 bits per heavy atom. The zero-order chi connectivity index (χ0) is 9.68. The van der Waals surface area contributed by atoms with E-state index in [1.807, 2.05) is 6.07 Å². The molecule has 0 amide bonds. The van der Waals surface area contributed by atoms with Gasteiger partial charge < -0.3 is 4.55 Å². The number of carbonyl (C=O) groups is 1. The zero-order valence-corrected chi connectivity index (χ0v) is 7.49. The van der Waals surface area contributed by atoms with Crippen molar-refractivity contribution in [3.8, 4) is 0 Å². The number of hydrogen-bond acceptors (Lipinski definition) is 3. The lowest BCUT2D eigenvalue weighted by Crippen LogP contribution is -2.00. The van der Waals surface area contributed by atoms with Crippen LogP contribution in [0.1, 0.15) is 5.56 Å². The van der Waals surface area contributed by atoms with Crippen molar-refractivity contribution >= 4 is 22.3 Å². The second-order valence-corrected chi connectivity index (χ2v) is 3.17. The van der Waals surface area contributed by atoms with E-state index in [0.717, 1.165) is 11.6 Å². The molecule has 0 aliphatic heterocycles. The SMILES string of the molecule is O=C(C=Cc1ccccc1)S(=O)[O-]. The fourth-order valence-electron chi connectivity index (χ4n) is 0.784. The molecule has 1 aromatic rings. The van der Waals surface area contributed by atoms with E-state index in [0.29, 0.717) is 0 Å². The number of carbonyl (C=O) groups excluding carboxylic acids is 1. The van der Waals surface area contributed by atoms with E-state index in [4.69, 9.17) is 0 Å². The number of benzene rings is 1. The third-order valence-corrected chi connectivity index (χ3v) is 1.84. The molecule has 68 valence electrons. The molecule has 0 spiro atoms. The van der Waals surface area contributed by atoms with E-state index in [1.54, 1.807) is 24.3 Å². The summed E-state index contributed by atoms with van der Waals surface area (Å²) in [4.78, 5) is 10.6. The zero-order valence-electron chi connectivity index (χ0n) is 6.67. The van der Waals surface area contributed by atoms with Crippen molar-refractivity contribution in [2.45, 2.75) is 0 Å². The van der Waals surface area contributed by atoms with Gasteiger partial charge in [0, 0.05) is 11.1 Å². The molecule has 4 heteroatoms. The first kappa shape index (κ1) is 9.83. The Hall–Kier alpha value is -1.26. The molecule has 0 saturated heterocycles. The van der Waals surface area contributed by atoms with Gasteiger partial charge in [0.15, 0.2) is 0 Å². The van der Waals surface area contributed by atoms with Gasteiger partial charge in [-0.05, 0) is 11.6 Å². The molecule has 0 bridgehead atoms. The van der Waals surface area contributed by atoms with Crippen molar-refractivity contribution in [1.29, 1.82) is 0 Å². The molecule has 3 nitrogen and oxygen atoms in total. The van der Waals surface area contributed by atoms with Gasteiger partial charge in [-0.1, -0.05) is 36.4 Å². The maximum Gasteiger partial charge on any atom is 0.228 e. The van der Waals surface area contributed by atoms with Crippen LogP contribution in [0.25, 0.3) is 6.08 Å². The van der Waals surface area contributed by atoms with Gasteiger partial charge in [0.05, 0.1) is 0 Å². The molecule has 0 N–H and O–H groups in total. The topological polar surface area (TPSA) is 57.2 Å². The van der Waals surface area contributed by atoms with Gasteiger partial charge in [-0.15, -0.1) is 0 Å². The third-order valence-electron chi connectivity index (χ3n) is 1.38. The molecule has 1 unspecified atom stereocenters. The Bertz CT molecular complexity index is 343. The molecule has 0 aliphatic rings. The van der Waals surface area contributed by atoms with Gasteiger partial charge in [0.25, 0.3) is 0 Å². The lowest BCUT2D eigenvalue weighted by Gasteiger charge is -1.96. The second-order valence-electron chi connectivity index (χ2n) is 2.30. The minimum absolute atomic E-state index is 0.793. The maximum absolute atomic E-state index is 10.6. The Labute approximate surface area is 78.4 Å². The number of hydrogen-bond donors (Lipinski definition) is 0. The molecule has 0 aliphatic carbocycles. The fourth-order valence-corrected chi connectivity index (χ4v) is 0.963. The summed E-state index contributed by atoms with van der Waals surface area (Å²) in [5.41, 5.74) is 0.793. The Kier molecular flexibility index (Phi) is 3.54. The summed E-state index contributed by atoms with van der Waals surface area (Å²) in [6.45, 7) is 0. The molecule has 0 saturated carbocycles. The van der Waals surface area contributed by atoms with E-state index in [9.17, 15) is 13.6 Å². The van der Waals surface area contributed by atoms with Gasteiger partial charge in [0.1, 0.15) is 0 Å². The third kappa shape index (κ3) is 3.31. The predicted molar refractivity (Wildman–Crippen MR) is 49.4 cm³/mol. The van der Waals surface area contributed by atoms with Gasteiger partial charge in [-0.25, -0.2) is 0 Å². The highest BCUT2D eigenvalue weighted by Gasteiger charge is 1.93. The summed E-state index contributed by atoms with van der Waals surface area (Å²) in [5.74, 6) is 0. The van der Waals surface area contributed by atoms with Crippen LogP contribution in [0.2, 0.25) is 0 Å². The molecule has 13 heavy (non-hydrogen) atoms. The molecule has 0 aromatic heterocycles. The fraction of sp³-hybridized carbons (Fsp3) is 0. The minimum atomic E-state index is -2.66. The standard InChI is InChI=1S/C9H8O3S/c10-9(13(11)12)7-6-8-4-2-1-3-5-8/h1-7H,(H,11,12)/p-1. The summed E-state index contributed by atoms with van der Waals surface area (Å²) in [6, 6.07) is 9.00. The maximum atomic E-state index is 10.6. The molecule has 0 heterocycles. The smallest absolute Gasteiger partial charge is 0.228 e. The molecular formula is C9H7O3S-. The van der Waals surface area contributed by atoms with Crippen molar-refractivity contribution in [3.05, 3.63) is 42.0 Å². The lowest BCUT2D eigenvalue weighted by atomic mass is 10.2. The summed E-state index contributed by atoms with van der Waals surface area (Å²) in [5, 5.41) is -0.913. The van der Waals surface area contributed by atoms with Gasteiger partial charge in [-0.3, -0.25) is 9.00 Å². The number of rotatable bonds is 2. The van der Waals surface area contributed by atoms with Crippen LogP contribution in [0.4, 0.5) is 0 Å². The summed E-state index contributed by atoms with van der Waals surface area (Å²) >= 11 is -2.66. The van der Waals surface area contributed by atoms with Crippen LogP contribution in [-0.4, -0.2) is 13.9 Å². The summed E-state index contributed by atoms with van der Waals surface area (Å²) in [7, 11) is 0. The van der Waals surface area contributed by atoms with Crippen LogP contribution in [0, 0.1) is 0 Å². The average molecular weight is 195 g/mol. The van der Waals surface area contributed by atoms with E-state index in [2.05, 4.69) is 0 Å². The largest absolute Gasteiger partial charge is 0.766 e. The highest BCUT2D eigenvalue weighted by Crippen LogP contribution is 2.00. The quantitative estimate of drug-likeness (QED) is 0.524. The predicted octanol–water partition coefficient (Wildman–Crippen LogP) is 1.11. The van der Waals surface area contributed by atoms with E-state index in [-0.39, 0.29) is 0 Å². The lowest BCUT2D eigenvalue weighted by molar-refractivity contribution is -0.107. The van der Waals surface area contributed by atoms with E-state index >= 15 is 0 Å². The van der Waals surface area contributed by atoms with Gasteiger partial charge >= 0.3 is 0 Å². The van der Waals surface area contributed by atoms with E-state index in [1.165, 1.54) is 6.08 Å². The molecule has 1 rings (SSSR count). The molecule has 1 aromatic carbocycles. The van der Waals surface area contributed by atoms with Crippen LogP contribution in [-0.2, 0) is 15.9 Å². The van der Waals surface area contributed by atoms with Gasteiger partial charge in [-0.2, -0.15) is 0 Å². The summed E-state index contributed by atoms with van der Waals surface area (Å²) in [6.07, 6.45) is 2.48. The van der Waals surface area contributed by atoms with Crippen LogP contribution < -0.4 is 0 Å². The van der Waals surface area contributed by atoms with Crippen LogP contribution in [0.5, 0.6) is 0 Å². The van der Waals surface area contributed by atoms with Gasteiger partial charge in [0.2, 0.25) is 5.12 Å². The van der Waals surface area contributed by atoms with Crippen LogP contribution in [0.3, 0.4) is 0 Å². The van der Waals surface area contributed by atoms with Crippen LogP contribution >= 0.6 is 0 Å². The highest BCUT2D eigenvalue weighted by molar-refractivity contribution is 7.95. The molecular weight excluding hydrogens is 188 g/mol. The normalized spacial score (nSPS) is 13.0. The first-order valence-electron chi connectivity index (χ1n) is 3.56.